The average Bonchev–Trinajstić information content (AvgIpc) is 3.22. The van der Waals surface area contributed by atoms with Crippen molar-refractivity contribution in [2.45, 2.75) is 5.92 Å². The van der Waals surface area contributed by atoms with Crippen molar-refractivity contribution in [2.24, 2.45) is 0 Å². The zero-order valence-electron chi connectivity index (χ0n) is 18.2. The summed E-state index contributed by atoms with van der Waals surface area (Å²) >= 11 is 0. The van der Waals surface area contributed by atoms with E-state index < -0.39 is 0 Å². The normalized spacial score (nSPS) is 14.4. The highest BCUT2D eigenvalue weighted by Gasteiger charge is 2.30. The number of hydrogen-bond acceptors (Lipinski definition) is 0. The highest BCUT2D eigenvalue weighted by molar-refractivity contribution is 5.90. The second kappa shape index (κ2) is 7.18. The molecule has 0 bridgehead atoms. The lowest BCUT2D eigenvalue weighted by molar-refractivity contribution is 1.02. The molecule has 0 nitrogen and oxygen atoms in total. The highest BCUT2D eigenvalue weighted by Crippen LogP contribution is 2.49. The SMILES string of the molecule is c1ccc2c(c1)-c1cc(-c3ccc4ccccc4c3)ccc1C2c1ccc2ccccc2c1. The van der Waals surface area contributed by atoms with Crippen molar-refractivity contribution in [2.75, 3.05) is 0 Å². The molecule has 0 heteroatoms. The zero-order valence-corrected chi connectivity index (χ0v) is 18.2. The Morgan fingerprint density at radius 1 is 0.364 bits per heavy atom. The first-order valence-electron chi connectivity index (χ1n) is 11.6. The van der Waals surface area contributed by atoms with Crippen molar-refractivity contribution < 1.29 is 0 Å². The molecule has 154 valence electrons. The first-order chi connectivity index (χ1) is 16.3. The minimum absolute atomic E-state index is 0.270. The minimum atomic E-state index is 0.270. The van der Waals surface area contributed by atoms with E-state index in [-0.39, 0.29) is 5.92 Å². The lowest BCUT2D eigenvalue weighted by Gasteiger charge is -2.16. The van der Waals surface area contributed by atoms with E-state index in [4.69, 9.17) is 0 Å². The van der Waals surface area contributed by atoms with Gasteiger partial charge >= 0.3 is 0 Å². The summed E-state index contributed by atoms with van der Waals surface area (Å²) in [5.74, 6) is 0.270. The van der Waals surface area contributed by atoms with Gasteiger partial charge in [-0.3, -0.25) is 0 Å². The van der Waals surface area contributed by atoms with Gasteiger partial charge in [0, 0.05) is 5.92 Å². The van der Waals surface area contributed by atoms with Crippen LogP contribution in [-0.2, 0) is 0 Å². The third-order valence-corrected chi connectivity index (χ3v) is 7.12. The molecular formula is C33H22. The second-order valence-corrected chi connectivity index (χ2v) is 8.99. The maximum Gasteiger partial charge on any atom is 0.0352 e. The van der Waals surface area contributed by atoms with Crippen molar-refractivity contribution in [3.05, 3.63) is 144 Å². The molecule has 0 radical (unpaired) electrons. The Bertz CT molecular complexity index is 1670. The van der Waals surface area contributed by atoms with E-state index in [2.05, 4.69) is 127 Å². The van der Waals surface area contributed by atoms with Crippen molar-refractivity contribution in [1.82, 2.24) is 0 Å². The molecule has 6 aromatic carbocycles. The quantitative estimate of drug-likeness (QED) is 0.263. The summed E-state index contributed by atoms with van der Waals surface area (Å²) in [6.07, 6.45) is 0. The van der Waals surface area contributed by atoms with Crippen LogP contribution >= 0.6 is 0 Å². The van der Waals surface area contributed by atoms with Gasteiger partial charge in [0.2, 0.25) is 0 Å². The van der Waals surface area contributed by atoms with Gasteiger partial charge in [-0.05, 0) is 72.6 Å². The molecule has 0 aliphatic heterocycles. The third kappa shape index (κ3) is 2.92. The molecule has 7 rings (SSSR count). The maximum atomic E-state index is 2.39. The summed E-state index contributed by atoms with van der Waals surface area (Å²) in [5, 5.41) is 5.15. The molecule has 6 aromatic rings. The molecule has 1 aliphatic rings. The summed E-state index contributed by atoms with van der Waals surface area (Å²) in [6, 6.07) is 46.8. The van der Waals surface area contributed by atoms with Crippen LogP contribution < -0.4 is 0 Å². The van der Waals surface area contributed by atoms with Crippen LogP contribution in [0.25, 0.3) is 43.8 Å². The summed E-state index contributed by atoms with van der Waals surface area (Å²) < 4.78 is 0. The van der Waals surface area contributed by atoms with Gasteiger partial charge in [0.05, 0.1) is 0 Å². The number of rotatable bonds is 2. The molecule has 0 fully saturated rings. The topological polar surface area (TPSA) is 0 Å². The van der Waals surface area contributed by atoms with Crippen molar-refractivity contribution in [3.8, 4) is 22.3 Å². The molecule has 0 saturated heterocycles. The smallest absolute Gasteiger partial charge is 0.0352 e. The molecule has 1 unspecified atom stereocenters. The molecule has 33 heavy (non-hydrogen) atoms. The summed E-state index contributed by atoms with van der Waals surface area (Å²) in [7, 11) is 0. The molecule has 0 aromatic heterocycles. The van der Waals surface area contributed by atoms with Crippen LogP contribution in [0.4, 0.5) is 0 Å². The van der Waals surface area contributed by atoms with Gasteiger partial charge in [-0.15, -0.1) is 0 Å². The Kier molecular flexibility index (Phi) is 4.01. The molecule has 0 N–H and O–H groups in total. The average molecular weight is 419 g/mol. The van der Waals surface area contributed by atoms with Crippen LogP contribution in [0.15, 0.2) is 127 Å². The van der Waals surface area contributed by atoms with Crippen molar-refractivity contribution >= 4 is 21.5 Å². The van der Waals surface area contributed by atoms with Crippen molar-refractivity contribution in [3.63, 3.8) is 0 Å². The first-order valence-corrected chi connectivity index (χ1v) is 11.6. The van der Waals surface area contributed by atoms with Crippen LogP contribution in [0.3, 0.4) is 0 Å². The molecule has 1 atom stereocenters. The van der Waals surface area contributed by atoms with E-state index in [1.807, 2.05) is 0 Å². The Morgan fingerprint density at radius 2 is 0.939 bits per heavy atom. The standard InChI is InChI=1S/C33H22/c1-3-9-24-19-26(15-13-22(24)7-1)27-17-18-31-32(21-27)29-11-5-6-12-30(29)33(31)28-16-14-23-8-2-4-10-25(23)20-28/h1-21,33H. The van der Waals surface area contributed by atoms with Crippen LogP contribution in [0.1, 0.15) is 22.6 Å². The molecule has 0 saturated carbocycles. The van der Waals surface area contributed by atoms with E-state index in [0.717, 1.165) is 0 Å². The largest absolute Gasteiger partial charge is 0.0619 e. The van der Waals surface area contributed by atoms with Crippen LogP contribution in [0, 0.1) is 0 Å². The van der Waals surface area contributed by atoms with Gasteiger partial charge in [0.15, 0.2) is 0 Å². The van der Waals surface area contributed by atoms with Crippen molar-refractivity contribution in [1.29, 1.82) is 0 Å². The van der Waals surface area contributed by atoms with Crippen LogP contribution in [-0.4, -0.2) is 0 Å². The van der Waals surface area contributed by atoms with E-state index in [1.54, 1.807) is 0 Å². The Balaban J connectivity index is 1.40. The fourth-order valence-corrected chi connectivity index (χ4v) is 5.50. The van der Waals surface area contributed by atoms with Gasteiger partial charge in [-0.25, -0.2) is 0 Å². The minimum Gasteiger partial charge on any atom is -0.0619 e. The number of fused-ring (bicyclic) bond motifs is 5. The fraction of sp³-hybridized carbons (Fsp3) is 0.0303. The fourth-order valence-electron chi connectivity index (χ4n) is 5.50. The van der Waals surface area contributed by atoms with E-state index in [9.17, 15) is 0 Å². The predicted octanol–water partition coefficient (Wildman–Crippen LogP) is 8.82. The molecule has 0 heterocycles. The third-order valence-electron chi connectivity index (χ3n) is 7.12. The Hall–Kier alpha value is -4.16. The first kappa shape index (κ1) is 18.4. The number of benzene rings is 6. The zero-order chi connectivity index (χ0) is 21.8. The van der Waals surface area contributed by atoms with Crippen LogP contribution in [0.2, 0.25) is 0 Å². The monoisotopic (exact) mass is 418 g/mol. The van der Waals surface area contributed by atoms with Gasteiger partial charge in [-0.1, -0.05) is 115 Å². The van der Waals surface area contributed by atoms with Gasteiger partial charge < -0.3 is 0 Å². The Labute approximate surface area is 193 Å². The number of hydrogen-bond donors (Lipinski definition) is 0. The van der Waals surface area contributed by atoms with Gasteiger partial charge in [-0.2, -0.15) is 0 Å². The highest BCUT2D eigenvalue weighted by atomic mass is 14.3. The predicted molar refractivity (Wildman–Crippen MR) is 140 cm³/mol. The summed E-state index contributed by atoms with van der Waals surface area (Å²) in [5.41, 5.74) is 9.41. The molecular weight excluding hydrogens is 396 g/mol. The van der Waals surface area contributed by atoms with E-state index >= 15 is 0 Å². The van der Waals surface area contributed by atoms with Crippen LogP contribution in [0.5, 0.6) is 0 Å². The summed E-state index contributed by atoms with van der Waals surface area (Å²) in [6.45, 7) is 0. The molecule has 0 spiro atoms. The van der Waals surface area contributed by atoms with Gasteiger partial charge in [0.1, 0.15) is 0 Å². The van der Waals surface area contributed by atoms with E-state index in [0.29, 0.717) is 0 Å². The Morgan fingerprint density at radius 3 is 1.76 bits per heavy atom. The molecule has 0 amide bonds. The molecule has 1 aliphatic carbocycles. The maximum absolute atomic E-state index is 2.39. The lowest BCUT2D eigenvalue weighted by atomic mass is 9.87. The summed E-state index contributed by atoms with van der Waals surface area (Å²) in [4.78, 5) is 0. The van der Waals surface area contributed by atoms with E-state index in [1.165, 1.54) is 60.5 Å². The second-order valence-electron chi connectivity index (χ2n) is 8.99. The van der Waals surface area contributed by atoms with Gasteiger partial charge in [0.25, 0.3) is 0 Å². The lowest BCUT2D eigenvalue weighted by Crippen LogP contribution is -1.99.